The Morgan fingerprint density at radius 3 is 2.56 bits per heavy atom. The number of hydrogen-bond acceptors (Lipinski definition) is 3. The minimum atomic E-state index is -1.03. The van der Waals surface area contributed by atoms with Crippen LogP contribution in [0.15, 0.2) is 79.1 Å². The lowest BCUT2D eigenvalue weighted by molar-refractivity contribution is 0.0647. The van der Waals surface area contributed by atoms with Crippen molar-refractivity contribution in [3.8, 4) is 0 Å². The molecular formula is C25H22FN3O3. The summed E-state index contributed by atoms with van der Waals surface area (Å²) in [5.74, 6) is -1.67. The zero-order valence-corrected chi connectivity index (χ0v) is 17.5. The third kappa shape index (κ3) is 4.37. The maximum Gasteiger partial charge on any atom is 0.335 e. The molecule has 162 valence electrons. The fourth-order valence-electron chi connectivity index (χ4n) is 3.83. The van der Waals surface area contributed by atoms with Gasteiger partial charge >= 0.3 is 5.97 Å². The number of nitrogens with zero attached hydrogens (tertiary/aromatic N) is 3. The normalized spacial score (nSPS) is 11.9. The smallest absolute Gasteiger partial charge is 0.335 e. The van der Waals surface area contributed by atoms with Gasteiger partial charge in [-0.05, 0) is 53.9 Å². The van der Waals surface area contributed by atoms with Crippen LogP contribution >= 0.6 is 0 Å². The average molecular weight is 431 g/mol. The van der Waals surface area contributed by atoms with Crippen molar-refractivity contribution in [3.63, 3.8) is 0 Å². The molecule has 7 heteroatoms. The summed E-state index contributed by atoms with van der Waals surface area (Å²) in [6.07, 6.45) is 4.08. The second-order valence-corrected chi connectivity index (χ2v) is 7.51. The lowest BCUT2D eigenvalue weighted by atomic mass is 10.0. The lowest BCUT2D eigenvalue weighted by Gasteiger charge is -2.31. The zero-order chi connectivity index (χ0) is 22.7. The maximum atomic E-state index is 13.6. The number of imidazole rings is 1. The Labute approximate surface area is 184 Å². The van der Waals surface area contributed by atoms with E-state index in [0.717, 1.165) is 5.56 Å². The Morgan fingerprint density at radius 2 is 1.88 bits per heavy atom. The maximum absolute atomic E-state index is 13.6. The molecule has 2 heterocycles. The number of carbonyl (C=O) groups excluding carboxylic acids is 1. The first kappa shape index (κ1) is 21.2. The van der Waals surface area contributed by atoms with E-state index < -0.39 is 5.97 Å². The molecule has 0 fully saturated rings. The number of carboxylic acids is 1. The Kier molecular flexibility index (Phi) is 5.98. The third-order valence-corrected chi connectivity index (χ3v) is 5.39. The van der Waals surface area contributed by atoms with Crippen molar-refractivity contribution in [2.75, 3.05) is 0 Å². The molecular weight excluding hydrogens is 409 g/mol. The fraction of sp³-hybridized carbons (Fsp3) is 0.160. The highest BCUT2D eigenvalue weighted by Crippen LogP contribution is 2.28. The molecule has 0 radical (unpaired) electrons. The van der Waals surface area contributed by atoms with Gasteiger partial charge in [-0.3, -0.25) is 4.79 Å². The summed E-state index contributed by atoms with van der Waals surface area (Å²) in [5.41, 5.74) is 2.56. The van der Waals surface area contributed by atoms with Crippen molar-refractivity contribution >= 4 is 17.5 Å². The molecule has 2 aromatic heterocycles. The first-order chi connectivity index (χ1) is 15.5. The first-order valence-electron chi connectivity index (χ1n) is 10.3. The predicted octanol–water partition coefficient (Wildman–Crippen LogP) is 4.97. The number of amides is 1. The molecule has 6 nitrogen and oxygen atoms in total. The number of halogens is 1. The van der Waals surface area contributed by atoms with Crippen LogP contribution in [0.5, 0.6) is 0 Å². The monoisotopic (exact) mass is 431 g/mol. The van der Waals surface area contributed by atoms with Crippen LogP contribution in [0.3, 0.4) is 0 Å². The van der Waals surface area contributed by atoms with E-state index in [9.17, 15) is 19.1 Å². The Bertz CT molecular complexity index is 1230. The third-order valence-electron chi connectivity index (χ3n) is 5.39. The van der Waals surface area contributed by atoms with E-state index in [1.54, 1.807) is 45.8 Å². The molecule has 1 N–H and O–H groups in total. The zero-order valence-electron chi connectivity index (χ0n) is 17.5. The largest absolute Gasteiger partial charge is 0.478 e. The van der Waals surface area contributed by atoms with Crippen molar-refractivity contribution in [2.45, 2.75) is 25.9 Å². The quantitative estimate of drug-likeness (QED) is 0.449. The van der Waals surface area contributed by atoms with Crippen LogP contribution in [0, 0.1) is 5.82 Å². The number of benzene rings is 2. The highest BCUT2D eigenvalue weighted by molar-refractivity contribution is 5.93. The van der Waals surface area contributed by atoms with Gasteiger partial charge in [-0.2, -0.15) is 0 Å². The van der Waals surface area contributed by atoms with Crippen molar-refractivity contribution in [2.24, 2.45) is 0 Å². The predicted molar refractivity (Wildman–Crippen MR) is 118 cm³/mol. The van der Waals surface area contributed by atoms with Crippen molar-refractivity contribution in [1.82, 2.24) is 14.3 Å². The van der Waals surface area contributed by atoms with E-state index in [-0.39, 0.29) is 35.6 Å². The summed E-state index contributed by atoms with van der Waals surface area (Å²) in [6, 6.07) is 17.8. The number of aromatic carboxylic acids is 1. The van der Waals surface area contributed by atoms with Gasteiger partial charge in [0.25, 0.3) is 5.91 Å². The summed E-state index contributed by atoms with van der Waals surface area (Å²) in [6.45, 7) is 2.13. The summed E-state index contributed by atoms with van der Waals surface area (Å²) in [5, 5.41) is 9.34. The minimum Gasteiger partial charge on any atom is -0.478 e. The highest BCUT2D eigenvalue weighted by atomic mass is 19.1. The van der Waals surface area contributed by atoms with Gasteiger partial charge in [0.1, 0.15) is 17.2 Å². The molecule has 0 aliphatic rings. The standard InChI is InChI=1S/C25H22FN3O3/c1-2-22(18-9-11-20(26)12-10-18)29(15-17-6-5-7-19(14-17)25(31)32)24(30)21-16-28-13-4-3-8-23(28)27-21/h3-14,16,22H,2,15H2,1H3,(H,31,32)/t22-/m1/s1. The summed E-state index contributed by atoms with van der Waals surface area (Å²) in [7, 11) is 0. The van der Waals surface area contributed by atoms with Crippen molar-refractivity contribution in [1.29, 1.82) is 0 Å². The van der Waals surface area contributed by atoms with E-state index in [4.69, 9.17) is 0 Å². The summed E-state index contributed by atoms with van der Waals surface area (Å²) >= 11 is 0. The second kappa shape index (κ2) is 9.01. The van der Waals surface area contributed by atoms with Crippen LogP contribution in [0.1, 0.15) is 51.4 Å². The fourth-order valence-corrected chi connectivity index (χ4v) is 3.83. The van der Waals surface area contributed by atoms with Gasteiger partial charge in [-0.25, -0.2) is 14.2 Å². The molecule has 1 amide bonds. The molecule has 0 aliphatic carbocycles. The van der Waals surface area contributed by atoms with Crippen LogP contribution < -0.4 is 0 Å². The SMILES string of the molecule is CC[C@H](c1ccc(F)cc1)N(Cc1cccc(C(=O)O)c1)C(=O)c1cn2ccccc2n1. The molecule has 0 saturated carbocycles. The van der Waals surface area contributed by atoms with Crippen LogP contribution in [0.2, 0.25) is 0 Å². The van der Waals surface area contributed by atoms with Crippen LogP contribution in [0.4, 0.5) is 4.39 Å². The highest BCUT2D eigenvalue weighted by Gasteiger charge is 2.27. The van der Waals surface area contributed by atoms with Crippen LogP contribution in [-0.2, 0) is 6.54 Å². The van der Waals surface area contributed by atoms with Gasteiger partial charge in [-0.15, -0.1) is 0 Å². The van der Waals surface area contributed by atoms with E-state index in [1.165, 1.54) is 18.2 Å². The van der Waals surface area contributed by atoms with Crippen molar-refractivity contribution in [3.05, 3.63) is 107 Å². The van der Waals surface area contributed by atoms with Gasteiger partial charge in [0.15, 0.2) is 0 Å². The minimum absolute atomic E-state index is 0.150. The molecule has 0 spiro atoms. The number of carbonyl (C=O) groups is 2. The Morgan fingerprint density at radius 1 is 1.09 bits per heavy atom. The molecule has 4 rings (SSSR count). The number of rotatable bonds is 7. The molecule has 0 bridgehead atoms. The van der Waals surface area contributed by atoms with Crippen molar-refractivity contribution < 1.29 is 19.1 Å². The first-order valence-corrected chi connectivity index (χ1v) is 10.3. The van der Waals surface area contributed by atoms with Gasteiger partial charge in [0, 0.05) is 18.9 Å². The molecule has 0 unspecified atom stereocenters. The van der Waals surface area contributed by atoms with E-state index >= 15 is 0 Å². The summed E-state index contributed by atoms with van der Waals surface area (Å²) in [4.78, 5) is 31.2. The topological polar surface area (TPSA) is 74.9 Å². The van der Waals surface area contributed by atoms with Gasteiger partial charge in [0.05, 0.1) is 11.6 Å². The number of carboxylic acid groups (broad SMARTS) is 1. The Hall–Kier alpha value is -4.00. The number of pyridine rings is 1. The lowest BCUT2D eigenvalue weighted by Crippen LogP contribution is -2.34. The second-order valence-electron chi connectivity index (χ2n) is 7.51. The average Bonchev–Trinajstić information content (AvgIpc) is 3.24. The molecule has 0 aliphatic heterocycles. The van der Waals surface area contributed by atoms with Gasteiger partial charge in [-0.1, -0.05) is 37.3 Å². The van der Waals surface area contributed by atoms with Crippen LogP contribution in [-0.4, -0.2) is 31.3 Å². The molecule has 4 aromatic rings. The van der Waals surface area contributed by atoms with Gasteiger partial charge < -0.3 is 14.4 Å². The van der Waals surface area contributed by atoms with Crippen LogP contribution in [0.25, 0.3) is 5.65 Å². The molecule has 32 heavy (non-hydrogen) atoms. The molecule has 1 atom stereocenters. The summed E-state index contributed by atoms with van der Waals surface area (Å²) < 4.78 is 15.3. The Balaban J connectivity index is 1.75. The van der Waals surface area contributed by atoms with E-state index in [1.807, 2.05) is 31.3 Å². The number of hydrogen-bond donors (Lipinski definition) is 1. The molecule has 2 aromatic carbocycles. The molecule has 0 saturated heterocycles. The number of aromatic nitrogens is 2. The van der Waals surface area contributed by atoms with Gasteiger partial charge in [0.2, 0.25) is 0 Å². The van der Waals surface area contributed by atoms with E-state index in [0.29, 0.717) is 17.6 Å². The van der Waals surface area contributed by atoms with E-state index in [2.05, 4.69) is 4.98 Å². The number of fused-ring (bicyclic) bond motifs is 1.